The number of amides is 1. The fourth-order valence-corrected chi connectivity index (χ4v) is 4.30. The van der Waals surface area contributed by atoms with Gasteiger partial charge in [-0.3, -0.25) is 9.79 Å². The number of aromatic nitrogens is 1. The van der Waals surface area contributed by atoms with Crippen molar-refractivity contribution in [3.8, 4) is 0 Å². The summed E-state index contributed by atoms with van der Waals surface area (Å²) in [5.41, 5.74) is 4.79. The number of nitrogens with zero attached hydrogens (tertiary/aromatic N) is 5. The standard InChI is InChI=1S/C28H33F3N8O2/c1-5-33-20-16-34-26(39-12-8-6-7-9-13-39)37-23(20)24(32)35-19-14-17(10-11-18(19)28(29,30)31)25(40)36-22-15-21(41-38-22)27(2,3)4/h5,10-11,14-16,35H,1,6-9,12-13,32H2,2-4H3,(H,36,38,40)/b24-23-,33-20-. The molecule has 13 heteroatoms. The van der Waals surface area contributed by atoms with Crippen LogP contribution in [0.15, 0.2) is 68.1 Å². The number of anilines is 2. The van der Waals surface area contributed by atoms with Crippen molar-refractivity contribution in [2.24, 2.45) is 20.7 Å². The predicted octanol–water partition coefficient (Wildman–Crippen LogP) is 5.68. The average Bonchev–Trinajstić information content (AvgIpc) is 3.22. The molecule has 2 aliphatic heterocycles. The lowest BCUT2D eigenvalue weighted by atomic mass is 9.93. The Labute approximate surface area is 236 Å². The minimum atomic E-state index is -4.73. The van der Waals surface area contributed by atoms with Crippen LogP contribution < -0.4 is 16.4 Å². The molecule has 41 heavy (non-hydrogen) atoms. The fourth-order valence-electron chi connectivity index (χ4n) is 4.30. The molecule has 4 N–H and O–H groups in total. The fraction of sp³-hybridized carbons (Fsp3) is 0.393. The Kier molecular flexibility index (Phi) is 8.64. The van der Waals surface area contributed by atoms with Gasteiger partial charge in [0.2, 0.25) is 5.96 Å². The molecule has 1 aromatic heterocycles. The first kappa shape index (κ1) is 29.6. The highest BCUT2D eigenvalue weighted by Gasteiger charge is 2.34. The van der Waals surface area contributed by atoms with E-state index in [1.54, 1.807) is 6.07 Å². The van der Waals surface area contributed by atoms with Gasteiger partial charge < -0.3 is 25.8 Å². The van der Waals surface area contributed by atoms with Crippen LogP contribution >= 0.6 is 0 Å². The number of rotatable bonds is 5. The van der Waals surface area contributed by atoms with Gasteiger partial charge in [0, 0.05) is 36.3 Å². The summed E-state index contributed by atoms with van der Waals surface area (Å²) in [6.45, 7) is 10.8. The molecule has 0 spiro atoms. The maximum atomic E-state index is 14.0. The van der Waals surface area contributed by atoms with Gasteiger partial charge >= 0.3 is 6.18 Å². The molecule has 2 aliphatic rings. The summed E-state index contributed by atoms with van der Waals surface area (Å²) in [5.74, 6) is 0.203. The monoisotopic (exact) mass is 570 g/mol. The van der Waals surface area contributed by atoms with E-state index in [0.29, 0.717) is 11.7 Å². The van der Waals surface area contributed by atoms with Crippen molar-refractivity contribution in [2.45, 2.75) is 58.0 Å². The average molecular weight is 571 g/mol. The Morgan fingerprint density at radius 1 is 1.12 bits per heavy atom. The van der Waals surface area contributed by atoms with Gasteiger partial charge in [0.25, 0.3) is 5.91 Å². The molecule has 1 saturated heterocycles. The Balaban J connectivity index is 1.68. The van der Waals surface area contributed by atoms with Gasteiger partial charge in [-0.05, 0) is 31.0 Å². The van der Waals surface area contributed by atoms with E-state index in [1.165, 1.54) is 12.4 Å². The zero-order chi connectivity index (χ0) is 29.8. The smallest absolute Gasteiger partial charge is 0.383 e. The van der Waals surface area contributed by atoms with E-state index in [1.807, 2.05) is 25.7 Å². The van der Waals surface area contributed by atoms with Crippen molar-refractivity contribution < 1.29 is 22.5 Å². The van der Waals surface area contributed by atoms with Crippen LogP contribution in [0.4, 0.5) is 24.7 Å². The number of aliphatic imine (C=N–C) groups is 3. The molecule has 0 unspecified atom stereocenters. The number of hydrogen-bond donors (Lipinski definition) is 3. The second-order valence-electron chi connectivity index (χ2n) is 10.7. The molecular formula is C28H33F3N8O2. The molecule has 0 aliphatic carbocycles. The molecule has 1 aromatic carbocycles. The van der Waals surface area contributed by atoms with Crippen LogP contribution in [0.2, 0.25) is 0 Å². The topological polar surface area (TPSA) is 134 Å². The van der Waals surface area contributed by atoms with Crippen molar-refractivity contribution in [1.29, 1.82) is 0 Å². The van der Waals surface area contributed by atoms with Gasteiger partial charge in [-0.1, -0.05) is 45.3 Å². The first-order valence-corrected chi connectivity index (χ1v) is 13.2. The van der Waals surface area contributed by atoms with Crippen molar-refractivity contribution in [1.82, 2.24) is 10.1 Å². The maximum Gasteiger partial charge on any atom is 0.418 e. The molecule has 1 amide bonds. The van der Waals surface area contributed by atoms with Crippen molar-refractivity contribution >= 4 is 35.3 Å². The first-order valence-electron chi connectivity index (χ1n) is 13.2. The highest BCUT2D eigenvalue weighted by Crippen LogP contribution is 2.36. The van der Waals surface area contributed by atoms with E-state index in [4.69, 9.17) is 10.3 Å². The molecule has 0 bridgehead atoms. The third kappa shape index (κ3) is 7.21. The number of hydrogen-bond acceptors (Lipinski definition) is 9. The van der Waals surface area contributed by atoms with Gasteiger partial charge in [0.15, 0.2) is 5.82 Å². The number of carbonyl (C=O) groups is 1. The molecule has 10 nitrogen and oxygen atoms in total. The van der Waals surface area contributed by atoms with E-state index >= 15 is 0 Å². The Morgan fingerprint density at radius 3 is 2.44 bits per heavy atom. The quantitative estimate of drug-likeness (QED) is 0.423. The first-order chi connectivity index (χ1) is 19.4. The molecule has 3 heterocycles. The number of guanidine groups is 1. The second-order valence-corrected chi connectivity index (χ2v) is 10.7. The van der Waals surface area contributed by atoms with Crippen LogP contribution in [0.25, 0.3) is 0 Å². The SMILES string of the molecule is C=C/N=C1/C=NC(N2CCCCCC2)=N/C1=C(/N)Nc1cc(C(=O)Nc2cc(C(C)(C)C)on2)ccc1C(F)(F)F. The number of alkyl halides is 3. The Bertz CT molecular complexity index is 1420. The van der Waals surface area contributed by atoms with Crippen molar-refractivity contribution in [3.05, 3.63) is 65.4 Å². The molecule has 4 rings (SSSR count). The van der Waals surface area contributed by atoms with Gasteiger partial charge in [0.05, 0.1) is 17.5 Å². The second kappa shape index (κ2) is 12.0. The van der Waals surface area contributed by atoms with E-state index in [2.05, 4.69) is 37.3 Å². The number of carbonyl (C=O) groups excluding carboxylic acids is 1. The molecule has 218 valence electrons. The summed E-state index contributed by atoms with van der Waals surface area (Å²) >= 11 is 0. The van der Waals surface area contributed by atoms with E-state index in [0.717, 1.165) is 57.0 Å². The van der Waals surface area contributed by atoms with Crippen LogP contribution in [0.3, 0.4) is 0 Å². The molecule has 0 saturated carbocycles. The van der Waals surface area contributed by atoms with Crippen molar-refractivity contribution in [2.75, 3.05) is 23.7 Å². The number of likely N-dealkylation sites (tertiary alicyclic amines) is 1. The van der Waals surface area contributed by atoms with Crippen LogP contribution in [-0.4, -0.2) is 46.9 Å². The van der Waals surface area contributed by atoms with E-state index in [9.17, 15) is 18.0 Å². The zero-order valence-corrected chi connectivity index (χ0v) is 23.2. The van der Waals surface area contributed by atoms with Gasteiger partial charge in [-0.2, -0.15) is 13.2 Å². The third-order valence-electron chi connectivity index (χ3n) is 6.48. The molecule has 1 fully saturated rings. The molecule has 0 radical (unpaired) electrons. The number of halogens is 3. The summed E-state index contributed by atoms with van der Waals surface area (Å²) in [7, 11) is 0. The summed E-state index contributed by atoms with van der Waals surface area (Å²) in [6, 6.07) is 4.52. The minimum Gasteiger partial charge on any atom is -0.383 e. The largest absolute Gasteiger partial charge is 0.418 e. The van der Waals surface area contributed by atoms with Crippen LogP contribution in [0, 0.1) is 0 Å². The number of benzene rings is 1. The Hall–Kier alpha value is -4.42. The maximum absolute atomic E-state index is 14.0. The van der Waals surface area contributed by atoms with Gasteiger partial charge in [-0.25, -0.2) is 9.98 Å². The molecule has 2 aromatic rings. The lowest BCUT2D eigenvalue weighted by molar-refractivity contribution is -0.136. The summed E-state index contributed by atoms with van der Waals surface area (Å²) < 4.78 is 47.2. The number of nitrogens with two attached hydrogens (primary N) is 1. The zero-order valence-electron chi connectivity index (χ0n) is 23.2. The summed E-state index contributed by atoms with van der Waals surface area (Å²) in [6.07, 6.45) is 2.14. The van der Waals surface area contributed by atoms with E-state index < -0.39 is 23.3 Å². The van der Waals surface area contributed by atoms with E-state index in [-0.39, 0.29) is 34.0 Å². The van der Waals surface area contributed by atoms with Gasteiger partial charge in [0.1, 0.15) is 23.0 Å². The minimum absolute atomic E-state index is 0.0578. The highest BCUT2D eigenvalue weighted by atomic mass is 19.4. The molecular weight excluding hydrogens is 537 g/mol. The summed E-state index contributed by atoms with van der Waals surface area (Å²) in [4.78, 5) is 28.0. The van der Waals surface area contributed by atoms with Crippen LogP contribution in [0.1, 0.15) is 68.1 Å². The van der Waals surface area contributed by atoms with Crippen molar-refractivity contribution in [3.63, 3.8) is 0 Å². The highest BCUT2D eigenvalue weighted by molar-refractivity contribution is 6.41. The lowest BCUT2D eigenvalue weighted by Gasteiger charge is -2.24. The Morgan fingerprint density at radius 2 is 1.83 bits per heavy atom. The lowest BCUT2D eigenvalue weighted by Crippen LogP contribution is -2.34. The number of allylic oxidation sites excluding steroid dienone is 1. The number of nitrogens with one attached hydrogen (secondary N) is 2. The third-order valence-corrected chi connectivity index (χ3v) is 6.48. The van der Waals surface area contributed by atoms with Crippen LogP contribution in [0.5, 0.6) is 0 Å². The summed E-state index contributed by atoms with van der Waals surface area (Å²) in [5, 5.41) is 9.00. The normalized spacial score (nSPS) is 18.5. The molecule has 0 atom stereocenters. The predicted molar refractivity (Wildman–Crippen MR) is 153 cm³/mol. The van der Waals surface area contributed by atoms with Gasteiger partial charge in [-0.15, -0.1) is 0 Å². The van der Waals surface area contributed by atoms with Crippen LogP contribution in [-0.2, 0) is 11.6 Å².